The fourth-order valence-electron chi connectivity index (χ4n) is 3.01. The molecule has 0 aliphatic carbocycles. The van der Waals surface area contributed by atoms with Crippen molar-refractivity contribution in [3.05, 3.63) is 24.3 Å². The molecule has 2 aliphatic heterocycles. The Balaban J connectivity index is 1.64. The lowest BCUT2D eigenvalue weighted by molar-refractivity contribution is -0.136. The van der Waals surface area contributed by atoms with Gasteiger partial charge in [-0.15, -0.1) is 0 Å². The topological polar surface area (TPSA) is 61.4 Å². The van der Waals surface area contributed by atoms with Crippen LogP contribution in [0.2, 0.25) is 0 Å². The maximum absolute atomic E-state index is 12.6. The van der Waals surface area contributed by atoms with Crippen LogP contribution in [0.3, 0.4) is 0 Å². The van der Waals surface area contributed by atoms with Gasteiger partial charge in [-0.05, 0) is 19.4 Å². The van der Waals surface area contributed by atoms with Crippen LogP contribution < -0.4 is 5.32 Å². The van der Waals surface area contributed by atoms with Crippen molar-refractivity contribution in [1.82, 2.24) is 25.1 Å². The molecule has 1 atom stereocenters. The zero-order valence-electron chi connectivity index (χ0n) is 11.7. The SMILES string of the molecule is O=C(C1CCCN1Cc1cnccn1)N1CCNCC1. The van der Waals surface area contributed by atoms with E-state index in [-0.39, 0.29) is 11.9 Å². The number of nitrogens with one attached hydrogen (secondary N) is 1. The lowest BCUT2D eigenvalue weighted by Crippen LogP contribution is -2.52. The smallest absolute Gasteiger partial charge is 0.240 e. The molecule has 0 saturated carbocycles. The van der Waals surface area contributed by atoms with Crippen LogP contribution in [0.15, 0.2) is 18.6 Å². The van der Waals surface area contributed by atoms with Gasteiger partial charge >= 0.3 is 0 Å². The molecule has 6 nitrogen and oxygen atoms in total. The van der Waals surface area contributed by atoms with Gasteiger partial charge in [-0.1, -0.05) is 0 Å². The van der Waals surface area contributed by atoms with Gasteiger partial charge in [-0.25, -0.2) is 0 Å². The number of piperazine rings is 1. The number of rotatable bonds is 3. The van der Waals surface area contributed by atoms with Crippen molar-refractivity contribution in [1.29, 1.82) is 0 Å². The summed E-state index contributed by atoms with van der Waals surface area (Å²) in [6, 6.07) is 0.0232. The monoisotopic (exact) mass is 275 g/mol. The molecule has 1 aromatic heterocycles. The van der Waals surface area contributed by atoms with Crippen LogP contribution in [-0.2, 0) is 11.3 Å². The standard InChI is InChI=1S/C14H21N5O/c20-14(18-8-5-15-6-9-18)13-2-1-7-19(13)11-12-10-16-3-4-17-12/h3-4,10,13,15H,1-2,5-9,11H2. The lowest BCUT2D eigenvalue weighted by atomic mass is 10.1. The summed E-state index contributed by atoms with van der Waals surface area (Å²) in [5.74, 6) is 0.285. The van der Waals surface area contributed by atoms with Crippen LogP contribution in [0.25, 0.3) is 0 Å². The van der Waals surface area contributed by atoms with Crippen LogP contribution in [0.5, 0.6) is 0 Å². The Bertz CT molecular complexity index is 446. The molecule has 2 saturated heterocycles. The maximum Gasteiger partial charge on any atom is 0.240 e. The first-order valence-corrected chi connectivity index (χ1v) is 7.33. The molecular formula is C14H21N5O. The molecule has 1 aromatic rings. The summed E-state index contributed by atoms with van der Waals surface area (Å²) in [6.07, 6.45) is 7.21. The summed E-state index contributed by atoms with van der Waals surface area (Å²) in [4.78, 5) is 25.3. The number of aromatic nitrogens is 2. The quantitative estimate of drug-likeness (QED) is 0.833. The Morgan fingerprint density at radius 1 is 1.30 bits per heavy atom. The number of likely N-dealkylation sites (tertiary alicyclic amines) is 1. The molecule has 108 valence electrons. The minimum atomic E-state index is 0.0232. The third kappa shape index (κ3) is 2.96. The number of nitrogens with zero attached hydrogens (tertiary/aromatic N) is 4. The van der Waals surface area contributed by atoms with E-state index in [1.165, 1.54) is 0 Å². The average Bonchev–Trinajstić information content (AvgIpc) is 2.96. The number of hydrogen-bond donors (Lipinski definition) is 1. The highest BCUT2D eigenvalue weighted by molar-refractivity contribution is 5.82. The second kappa shape index (κ2) is 6.28. The first-order valence-electron chi connectivity index (χ1n) is 7.33. The number of amides is 1. The van der Waals surface area contributed by atoms with E-state index in [9.17, 15) is 4.79 Å². The number of carbonyl (C=O) groups excluding carboxylic acids is 1. The van der Waals surface area contributed by atoms with Gasteiger partial charge in [0.05, 0.1) is 11.7 Å². The fourth-order valence-corrected chi connectivity index (χ4v) is 3.01. The molecule has 0 aromatic carbocycles. The van der Waals surface area contributed by atoms with Gasteiger partial charge in [-0.2, -0.15) is 0 Å². The summed E-state index contributed by atoms with van der Waals surface area (Å²) >= 11 is 0. The van der Waals surface area contributed by atoms with E-state index in [1.807, 2.05) is 4.90 Å². The average molecular weight is 275 g/mol. The molecule has 0 spiro atoms. The molecule has 20 heavy (non-hydrogen) atoms. The van der Waals surface area contributed by atoms with E-state index in [1.54, 1.807) is 18.6 Å². The Morgan fingerprint density at radius 3 is 2.90 bits per heavy atom. The van der Waals surface area contributed by atoms with Gasteiger partial charge in [0, 0.05) is 51.3 Å². The molecule has 0 radical (unpaired) electrons. The predicted octanol–water partition coefficient (Wildman–Crippen LogP) is -0.127. The molecule has 1 unspecified atom stereocenters. The van der Waals surface area contributed by atoms with E-state index >= 15 is 0 Å². The molecule has 1 amide bonds. The molecule has 1 N–H and O–H groups in total. The second-order valence-corrected chi connectivity index (χ2v) is 5.40. The van der Waals surface area contributed by atoms with Gasteiger partial charge in [0.15, 0.2) is 0 Å². The zero-order chi connectivity index (χ0) is 13.8. The van der Waals surface area contributed by atoms with Crippen molar-refractivity contribution in [3.63, 3.8) is 0 Å². The van der Waals surface area contributed by atoms with Gasteiger partial charge in [0.25, 0.3) is 0 Å². The highest BCUT2D eigenvalue weighted by Crippen LogP contribution is 2.21. The van der Waals surface area contributed by atoms with E-state index in [4.69, 9.17) is 0 Å². The van der Waals surface area contributed by atoms with Crippen LogP contribution in [0.1, 0.15) is 18.5 Å². The van der Waals surface area contributed by atoms with E-state index in [0.29, 0.717) is 0 Å². The van der Waals surface area contributed by atoms with Gasteiger partial charge in [0.1, 0.15) is 0 Å². The van der Waals surface area contributed by atoms with Crippen molar-refractivity contribution >= 4 is 5.91 Å². The van der Waals surface area contributed by atoms with Crippen molar-refractivity contribution in [2.75, 3.05) is 32.7 Å². The molecular weight excluding hydrogens is 254 g/mol. The lowest BCUT2D eigenvalue weighted by Gasteiger charge is -2.32. The third-order valence-electron chi connectivity index (χ3n) is 4.06. The summed E-state index contributed by atoms with van der Waals surface area (Å²) in [5, 5.41) is 3.29. The van der Waals surface area contributed by atoms with Crippen molar-refractivity contribution < 1.29 is 4.79 Å². The predicted molar refractivity (Wildman–Crippen MR) is 74.9 cm³/mol. The Hall–Kier alpha value is -1.53. The summed E-state index contributed by atoms with van der Waals surface area (Å²) < 4.78 is 0. The van der Waals surface area contributed by atoms with Crippen LogP contribution >= 0.6 is 0 Å². The van der Waals surface area contributed by atoms with Gasteiger partial charge < -0.3 is 10.2 Å². The Kier molecular flexibility index (Phi) is 4.22. The van der Waals surface area contributed by atoms with Crippen molar-refractivity contribution in [2.24, 2.45) is 0 Å². The summed E-state index contributed by atoms with van der Waals surface area (Å²) in [7, 11) is 0. The van der Waals surface area contributed by atoms with E-state index < -0.39 is 0 Å². The molecule has 2 fully saturated rings. The third-order valence-corrected chi connectivity index (χ3v) is 4.06. The molecule has 3 heterocycles. The van der Waals surface area contributed by atoms with Crippen LogP contribution in [0, 0.1) is 0 Å². The fraction of sp³-hybridized carbons (Fsp3) is 0.643. The zero-order valence-corrected chi connectivity index (χ0v) is 11.7. The summed E-state index contributed by atoms with van der Waals surface area (Å²) in [5.41, 5.74) is 0.938. The van der Waals surface area contributed by atoms with E-state index in [2.05, 4.69) is 20.2 Å². The summed E-state index contributed by atoms with van der Waals surface area (Å²) in [6.45, 7) is 5.16. The van der Waals surface area contributed by atoms with Gasteiger partial charge in [0.2, 0.25) is 5.91 Å². The molecule has 2 aliphatic rings. The normalized spacial score (nSPS) is 24.0. The van der Waals surface area contributed by atoms with Crippen molar-refractivity contribution in [3.8, 4) is 0 Å². The first-order chi connectivity index (χ1) is 9.84. The van der Waals surface area contributed by atoms with Gasteiger partial charge in [-0.3, -0.25) is 19.7 Å². The van der Waals surface area contributed by atoms with Crippen LogP contribution in [0.4, 0.5) is 0 Å². The molecule has 0 bridgehead atoms. The first kappa shape index (κ1) is 13.5. The minimum absolute atomic E-state index is 0.0232. The largest absolute Gasteiger partial charge is 0.339 e. The van der Waals surface area contributed by atoms with Crippen LogP contribution in [-0.4, -0.2) is 64.4 Å². The number of hydrogen-bond acceptors (Lipinski definition) is 5. The highest BCUT2D eigenvalue weighted by atomic mass is 16.2. The molecule has 3 rings (SSSR count). The highest BCUT2D eigenvalue weighted by Gasteiger charge is 2.34. The molecule has 6 heteroatoms. The maximum atomic E-state index is 12.6. The van der Waals surface area contributed by atoms with E-state index in [0.717, 1.165) is 57.8 Å². The Morgan fingerprint density at radius 2 is 2.15 bits per heavy atom. The number of carbonyl (C=O) groups is 1. The van der Waals surface area contributed by atoms with Crippen molar-refractivity contribution in [2.45, 2.75) is 25.4 Å². The Labute approximate surface area is 119 Å². The second-order valence-electron chi connectivity index (χ2n) is 5.40. The minimum Gasteiger partial charge on any atom is -0.339 e.